The Kier molecular flexibility index (Phi) is 5.81. The average molecular weight is 497 g/mol. The number of halogens is 2. The zero-order chi connectivity index (χ0) is 19.5. The maximum atomic E-state index is 12.4. The second-order valence-electron chi connectivity index (χ2n) is 5.53. The van der Waals surface area contributed by atoms with Crippen LogP contribution in [-0.2, 0) is 6.54 Å². The number of nitrogens with zero attached hydrogens (tertiary/aromatic N) is 4. The number of carbonyl (C=O) groups excluding carboxylic acids is 1. The van der Waals surface area contributed by atoms with Crippen LogP contribution in [0.4, 0.5) is 5.69 Å². The third kappa shape index (κ3) is 4.64. The summed E-state index contributed by atoms with van der Waals surface area (Å²) in [5.74, 6) is 0.487. The molecule has 0 unspecified atom stereocenters. The molecule has 4 rings (SSSR count). The van der Waals surface area contributed by atoms with E-state index < -0.39 is 0 Å². The van der Waals surface area contributed by atoms with Gasteiger partial charge in [-0.3, -0.25) is 9.48 Å². The van der Waals surface area contributed by atoms with Crippen LogP contribution in [0, 0.1) is 0 Å². The van der Waals surface area contributed by atoms with E-state index in [0.29, 0.717) is 23.0 Å². The number of nitrogens with one attached hydrogen (secondary N) is 1. The fraction of sp³-hybridized carbons (Fsp3) is 0.0588. The highest BCUT2D eigenvalue weighted by Crippen LogP contribution is 2.35. The molecule has 0 saturated heterocycles. The van der Waals surface area contributed by atoms with E-state index in [-0.39, 0.29) is 11.7 Å². The van der Waals surface area contributed by atoms with Crippen molar-refractivity contribution in [1.82, 2.24) is 20.0 Å². The molecule has 1 amide bonds. The highest BCUT2D eigenvalue weighted by molar-refractivity contribution is 9.10. The van der Waals surface area contributed by atoms with Crippen molar-refractivity contribution in [1.29, 1.82) is 0 Å². The highest BCUT2D eigenvalue weighted by Gasteiger charge is 2.14. The summed E-state index contributed by atoms with van der Waals surface area (Å²) in [6.07, 6.45) is 3.51. The molecule has 0 aliphatic carbocycles. The van der Waals surface area contributed by atoms with Gasteiger partial charge in [0, 0.05) is 16.8 Å². The topological polar surface area (TPSA) is 85.8 Å². The minimum atomic E-state index is -0.353. The van der Waals surface area contributed by atoms with E-state index in [2.05, 4.69) is 36.5 Å². The molecule has 142 valence electrons. The Morgan fingerprint density at radius 3 is 2.96 bits per heavy atom. The molecule has 0 radical (unpaired) electrons. The maximum absolute atomic E-state index is 12.4. The fourth-order valence-corrected chi connectivity index (χ4v) is 4.39. The Morgan fingerprint density at radius 2 is 2.25 bits per heavy atom. The van der Waals surface area contributed by atoms with Crippen molar-refractivity contribution in [3.63, 3.8) is 0 Å². The number of anilines is 1. The van der Waals surface area contributed by atoms with Crippen LogP contribution in [-0.4, -0.2) is 25.9 Å². The minimum absolute atomic E-state index is 0.213. The summed E-state index contributed by atoms with van der Waals surface area (Å²) in [6, 6.07) is 8.67. The molecule has 0 saturated carbocycles. The van der Waals surface area contributed by atoms with E-state index in [0.717, 1.165) is 13.7 Å². The van der Waals surface area contributed by atoms with Crippen LogP contribution in [0.3, 0.4) is 0 Å². The first kappa shape index (κ1) is 19.2. The van der Waals surface area contributed by atoms with Crippen molar-refractivity contribution in [3.8, 4) is 0 Å². The van der Waals surface area contributed by atoms with Gasteiger partial charge in [-0.15, -0.1) is 10.2 Å². The van der Waals surface area contributed by atoms with Crippen molar-refractivity contribution < 1.29 is 9.21 Å². The van der Waals surface area contributed by atoms with Crippen LogP contribution in [0.15, 0.2) is 66.4 Å². The number of rotatable bonds is 6. The van der Waals surface area contributed by atoms with E-state index in [1.807, 2.05) is 12.3 Å². The number of furan rings is 1. The Hall–Kier alpha value is -2.14. The quantitative estimate of drug-likeness (QED) is 0.395. The first-order valence-electron chi connectivity index (χ1n) is 7.88. The lowest BCUT2D eigenvalue weighted by Crippen LogP contribution is -2.10. The van der Waals surface area contributed by atoms with Crippen LogP contribution in [0.2, 0.25) is 5.02 Å². The SMILES string of the molecule is O=C(Nc1ccc(Sc2nncs2)c(Cl)c1)c1ccc(Cn2cc(Br)cn2)o1. The van der Waals surface area contributed by atoms with Crippen LogP contribution in [0.1, 0.15) is 16.3 Å². The van der Waals surface area contributed by atoms with Gasteiger partial charge in [-0.25, -0.2) is 0 Å². The van der Waals surface area contributed by atoms with E-state index in [4.69, 9.17) is 16.0 Å². The molecule has 3 aromatic heterocycles. The zero-order valence-corrected chi connectivity index (χ0v) is 18.0. The number of hydrogen-bond donors (Lipinski definition) is 1. The number of benzene rings is 1. The van der Waals surface area contributed by atoms with Gasteiger partial charge >= 0.3 is 0 Å². The summed E-state index contributed by atoms with van der Waals surface area (Å²) in [4.78, 5) is 13.3. The van der Waals surface area contributed by atoms with Gasteiger partial charge in [0.1, 0.15) is 11.3 Å². The number of aromatic nitrogens is 4. The van der Waals surface area contributed by atoms with Gasteiger partial charge in [0.25, 0.3) is 5.91 Å². The third-order valence-corrected chi connectivity index (χ3v) is 6.22. The first-order chi connectivity index (χ1) is 13.6. The molecule has 0 aliphatic heterocycles. The lowest BCUT2D eigenvalue weighted by Gasteiger charge is -2.06. The molecule has 0 atom stereocenters. The number of hydrogen-bond acceptors (Lipinski definition) is 7. The predicted octanol–water partition coefficient (Wildman–Crippen LogP) is 5.20. The molecule has 1 aromatic carbocycles. The smallest absolute Gasteiger partial charge is 0.291 e. The number of carbonyl (C=O) groups is 1. The fourth-order valence-electron chi connectivity index (χ4n) is 2.32. The second-order valence-corrected chi connectivity index (χ2v) is 8.97. The van der Waals surface area contributed by atoms with Crippen LogP contribution < -0.4 is 5.32 Å². The second kappa shape index (κ2) is 8.48. The summed E-state index contributed by atoms with van der Waals surface area (Å²) in [5.41, 5.74) is 2.23. The Bertz CT molecular complexity index is 1110. The maximum Gasteiger partial charge on any atom is 0.291 e. The Morgan fingerprint density at radius 1 is 1.36 bits per heavy atom. The van der Waals surface area contributed by atoms with Crippen molar-refractivity contribution in [3.05, 3.63) is 69.3 Å². The molecule has 4 aromatic rings. The van der Waals surface area contributed by atoms with Crippen LogP contribution in [0.25, 0.3) is 0 Å². The molecule has 11 heteroatoms. The Labute approximate surface area is 181 Å². The van der Waals surface area contributed by atoms with Crippen LogP contribution >= 0.6 is 50.6 Å². The monoisotopic (exact) mass is 495 g/mol. The van der Waals surface area contributed by atoms with Crippen molar-refractivity contribution in [2.24, 2.45) is 0 Å². The van der Waals surface area contributed by atoms with Crippen molar-refractivity contribution in [2.75, 3.05) is 5.32 Å². The molecule has 3 heterocycles. The summed E-state index contributed by atoms with van der Waals surface area (Å²) in [5, 5.41) is 15.2. The van der Waals surface area contributed by atoms with Gasteiger partial charge in [0.2, 0.25) is 0 Å². The standard InChI is InChI=1S/C17H11BrClN5O2S2/c18-10-6-21-24(7-10)8-12-2-3-14(26-12)16(25)22-11-1-4-15(13(19)5-11)28-17-23-20-9-27-17/h1-7,9H,8H2,(H,22,25). The summed E-state index contributed by atoms with van der Waals surface area (Å²) in [6.45, 7) is 0.433. The molecule has 0 bridgehead atoms. The molecular weight excluding hydrogens is 486 g/mol. The molecule has 1 N–H and O–H groups in total. The lowest BCUT2D eigenvalue weighted by atomic mass is 10.3. The Balaban J connectivity index is 1.41. The lowest BCUT2D eigenvalue weighted by molar-refractivity contribution is 0.0994. The number of amides is 1. The van der Waals surface area contributed by atoms with Gasteiger partial charge < -0.3 is 9.73 Å². The van der Waals surface area contributed by atoms with Gasteiger partial charge in [0.05, 0.1) is 22.2 Å². The molecule has 0 spiro atoms. The average Bonchev–Trinajstić information content (AvgIpc) is 3.41. The van der Waals surface area contributed by atoms with E-state index >= 15 is 0 Å². The van der Waals surface area contributed by atoms with Crippen molar-refractivity contribution in [2.45, 2.75) is 15.8 Å². The van der Waals surface area contributed by atoms with Gasteiger partial charge in [-0.2, -0.15) is 5.10 Å². The van der Waals surface area contributed by atoms with E-state index in [9.17, 15) is 4.79 Å². The molecule has 0 fully saturated rings. The summed E-state index contributed by atoms with van der Waals surface area (Å²) in [7, 11) is 0. The molecule has 7 nitrogen and oxygen atoms in total. The van der Waals surface area contributed by atoms with Crippen LogP contribution in [0.5, 0.6) is 0 Å². The van der Waals surface area contributed by atoms with Gasteiger partial charge in [-0.05, 0) is 46.3 Å². The van der Waals surface area contributed by atoms with Gasteiger partial charge in [-0.1, -0.05) is 34.7 Å². The molecule has 28 heavy (non-hydrogen) atoms. The first-order valence-corrected chi connectivity index (χ1v) is 10.7. The molecular formula is C17H11BrClN5O2S2. The van der Waals surface area contributed by atoms with Crippen molar-refractivity contribution >= 4 is 62.2 Å². The predicted molar refractivity (Wildman–Crippen MR) is 111 cm³/mol. The minimum Gasteiger partial charge on any atom is -0.454 e. The summed E-state index contributed by atoms with van der Waals surface area (Å²) >= 11 is 12.5. The van der Waals surface area contributed by atoms with E-state index in [1.54, 1.807) is 40.7 Å². The highest BCUT2D eigenvalue weighted by atomic mass is 79.9. The normalized spacial score (nSPS) is 10.9. The molecule has 0 aliphatic rings. The van der Waals surface area contributed by atoms with Gasteiger partial charge in [0.15, 0.2) is 10.1 Å². The van der Waals surface area contributed by atoms with E-state index in [1.165, 1.54) is 23.1 Å². The largest absolute Gasteiger partial charge is 0.454 e. The third-order valence-electron chi connectivity index (χ3n) is 3.53. The zero-order valence-electron chi connectivity index (χ0n) is 14.0. The summed E-state index contributed by atoms with van der Waals surface area (Å²) < 4.78 is 9.00.